The number of Topliss-reactive ketones (excluding diaryl/α,β-unsaturated/α-hetero) is 1. The second kappa shape index (κ2) is 9.56. The normalized spacial score (nSPS) is 11.6. The number of benzene rings is 1. The number of hydrogen-bond acceptors (Lipinski definition) is 6. The van der Waals surface area contributed by atoms with Gasteiger partial charge in [0.2, 0.25) is 5.91 Å². The van der Waals surface area contributed by atoms with Crippen molar-refractivity contribution in [3.8, 4) is 0 Å². The van der Waals surface area contributed by atoms with Crippen LogP contribution in [0.25, 0.3) is 0 Å². The Morgan fingerprint density at radius 1 is 0.960 bits per heavy atom. The third-order valence-corrected chi connectivity index (χ3v) is 3.48. The number of amides is 1. The maximum absolute atomic E-state index is 12.6. The van der Waals surface area contributed by atoms with Crippen LogP contribution >= 0.6 is 0 Å². The van der Waals surface area contributed by atoms with E-state index in [0.29, 0.717) is 11.3 Å². The molecule has 1 unspecified atom stereocenters. The zero-order chi connectivity index (χ0) is 19.0. The molecule has 136 valence electrons. The van der Waals surface area contributed by atoms with E-state index in [-0.39, 0.29) is 24.9 Å². The number of ether oxygens (including phenoxy) is 2. The number of ketones is 1. The number of rotatable bonds is 8. The van der Waals surface area contributed by atoms with E-state index in [4.69, 9.17) is 9.47 Å². The second-order valence-electron chi connectivity index (χ2n) is 5.39. The Hall–Kier alpha value is -2.70. The van der Waals surface area contributed by atoms with Crippen molar-refractivity contribution in [3.05, 3.63) is 29.8 Å². The van der Waals surface area contributed by atoms with Gasteiger partial charge in [0.05, 0.1) is 13.2 Å². The Kier molecular flexibility index (Phi) is 7.78. The Labute approximate surface area is 146 Å². The summed E-state index contributed by atoms with van der Waals surface area (Å²) >= 11 is 0. The molecule has 1 atom stereocenters. The fourth-order valence-electron chi connectivity index (χ4n) is 2.30. The Morgan fingerprint density at radius 3 is 1.84 bits per heavy atom. The van der Waals surface area contributed by atoms with E-state index in [1.807, 2.05) is 0 Å². The van der Waals surface area contributed by atoms with E-state index in [2.05, 4.69) is 5.32 Å². The Balaban J connectivity index is 3.00. The van der Waals surface area contributed by atoms with Gasteiger partial charge in [-0.1, -0.05) is 6.92 Å². The molecule has 0 aliphatic rings. The van der Waals surface area contributed by atoms with Crippen molar-refractivity contribution in [2.75, 3.05) is 18.5 Å². The van der Waals surface area contributed by atoms with Crippen molar-refractivity contribution in [3.63, 3.8) is 0 Å². The van der Waals surface area contributed by atoms with Gasteiger partial charge in [-0.3, -0.25) is 19.2 Å². The molecule has 0 bridgehead atoms. The lowest BCUT2D eigenvalue weighted by Gasteiger charge is -2.20. The fourth-order valence-corrected chi connectivity index (χ4v) is 2.30. The summed E-state index contributed by atoms with van der Waals surface area (Å²) in [6.45, 7) is 6.30. The molecule has 0 spiro atoms. The van der Waals surface area contributed by atoms with E-state index in [1.54, 1.807) is 26.0 Å². The van der Waals surface area contributed by atoms with Gasteiger partial charge >= 0.3 is 11.9 Å². The SMILES string of the molecule is CCOC(=O)C(C(=O)OCC)C(C)C(=O)c1ccc(NC(C)=O)cc1. The van der Waals surface area contributed by atoms with Crippen molar-refractivity contribution in [2.24, 2.45) is 11.8 Å². The summed E-state index contributed by atoms with van der Waals surface area (Å²) < 4.78 is 9.80. The third-order valence-electron chi connectivity index (χ3n) is 3.48. The van der Waals surface area contributed by atoms with Crippen LogP contribution in [0, 0.1) is 11.8 Å². The molecular formula is C18H23NO6. The van der Waals surface area contributed by atoms with Crippen LogP contribution in [0.4, 0.5) is 5.69 Å². The standard InChI is InChI=1S/C18H23NO6/c1-5-24-17(22)15(18(23)25-6-2)11(3)16(21)13-7-9-14(10-8-13)19-12(4)20/h7-11,15H,5-6H2,1-4H3,(H,19,20). The summed E-state index contributed by atoms with van der Waals surface area (Å²) in [5, 5.41) is 2.59. The number of hydrogen-bond donors (Lipinski definition) is 1. The van der Waals surface area contributed by atoms with Crippen molar-refractivity contribution >= 4 is 29.3 Å². The molecule has 0 saturated heterocycles. The molecular weight excluding hydrogens is 326 g/mol. The molecule has 0 fully saturated rings. The largest absolute Gasteiger partial charge is 0.465 e. The first-order valence-electron chi connectivity index (χ1n) is 8.06. The monoisotopic (exact) mass is 349 g/mol. The highest BCUT2D eigenvalue weighted by Crippen LogP contribution is 2.22. The van der Waals surface area contributed by atoms with Crippen LogP contribution in [0.2, 0.25) is 0 Å². The summed E-state index contributed by atoms with van der Waals surface area (Å²) in [6, 6.07) is 6.20. The Morgan fingerprint density at radius 2 is 1.44 bits per heavy atom. The highest BCUT2D eigenvalue weighted by atomic mass is 16.6. The summed E-state index contributed by atoms with van der Waals surface area (Å²) in [7, 11) is 0. The quantitative estimate of drug-likeness (QED) is 0.439. The molecule has 7 heteroatoms. The van der Waals surface area contributed by atoms with E-state index in [0.717, 1.165) is 0 Å². The van der Waals surface area contributed by atoms with Gasteiger partial charge in [0.15, 0.2) is 11.7 Å². The first-order chi connectivity index (χ1) is 11.8. The Bertz CT molecular complexity index is 619. The van der Waals surface area contributed by atoms with Crippen LogP contribution in [0.15, 0.2) is 24.3 Å². The number of carbonyl (C=O) groups excluding carboxylic acids is 4. The zero-order valence-corrected chi connectivity index (χ0v) is 14.8. The van der Waals surface area contributed by atoms with Crippen LogP contribution in [-0.2, 0) is 23.9 Å². The van der Waals surface area contributed by atoms with Crippen LogP contribution < -0.4 is 5.32 Å². The van der Waals surface area contributed by atoms with Gasteiger partial charge in [0, 0.05) is 24.1 Å². The van der Waals surface area contributed by atoms with Gasteiger partial charge in [0.1, 0.15) is 0 Å². The second-order valence-corrected chi connectivity index (χ2v) is 5.39. The average molecular weight is 349 g/mol. The molecule has 0 radical (unpaired) electrons. The molecule has 7 nitrogen and oxygen atoms in total. The van der Waals surface area contributed by atoms with Gasteiger partial charge in [-0.25, -0.2) is 0 Å². The molecule has 1 aromatic carbocycles. The van der Waals surface area contributed by atoms with Gasteiger partial charge in [-0.15, -0.1) is 0 Å². The molecule has 0 aliphatic carbocycles. The first kappa shape index (κ1) is 20.3. The number of carbonyl (C=O) groups is 4. The highest BCUT2D eigenvalue weighted by Gasteiger charge is 2.39. The summed E-state index contributed by atoms with van der Waals surface area (Å²) in [6.07, 6.45) is 0. The van der Waals surface area contributed by atoms with E-state index in [9.17, 15) is 19.2 Å². The van der Waals surface area contributed by atoms with Crippen molar-refractivity contribution in [1.29, 1.82) is 0 Å². The molecule has 0 aromatic heterocycles. The maximum atomic E-state index is 12.6. The minimum atomic E-state index is -1.32. The molecule has 25 heavy (non-hydrogen) atoms. The van der Waals surface area contributed by atoms with Crippen molar-refractivity contribution in [2.45, 2.75) is 27.7 Å². The lowest BCUT2D eigenvalue weighted by atomic mass is 9.87. The van der Waals surface area contributed by atoms with Crippen LogP contribution in [0.3, 0.4) is 0 Å². The number of nitrogens with one attached hydrogen (secondary N) is 1. The summed E-state index contributed by atoms with van der Waals surface area (Å²) in [5.74, 6) is -4.43. The average Bonchev–Trinajstić information content (AvgIpc) is 2.55. The van der Waals surface area contributed by atoms with Crippen molar-refractivity contribution < 1.29 is 28.7 Å². The van der Waals surface area contributed by atoms with Gasteiger partial charge in [0.25, 0.3) is 0 Å². The lowest BCUT2D eigenvalue weighted by molar-refractivity contribution is -0.163. The fraction of sp³-hybridized carbons (Fsp3) is 0.444. The molecule has 0 aliphatic heterocycles. The van der Waals surface area contributed by atoms with Crippen molar-refractivity contribution in [1.82, 2.24) is 0 Å². The third kappa shape index (κ3) is 5.70. The number of anilines is 1. The first-order valence-corrected chi connectivity index (χ1v) is 8.06. The van der Waals surface area contributed by atoms with Gasteiger partial charge < -0.3 is 14.8 Å². The highest BCUT2D eigenvalue weighted by molar-refractivity contribution is 6.06. The molecule has 1 rings (SSSR count). The van der Waals surface area contributed by atoms with Gasteiger partial charge in [-0.05, 0) is 38.1 Å². The predicted octanol–water partition coefficient (Wildman–Crippen LogP) is 2.21. The number of esters is 2. The van der Waals surface area contributed by atoms with Crippen LogP contribution in [-0.4, -0.2) is 36.8 Å². The van der Waals surface area contributed by atoms with Crippen LogP contribution in [0.1, 0.15) is 38.1 Å². The maximum Gasteiger partial charge on any atom is 0.321 e. The molecule has 1 N–H and O–H groups in total. The van der Waals surface area contributed by atoms with E-state index < -0.39 is 23.8 Å². The van der Waals surface area contributed by atoms with Crippen LogP contribution in [0.5, 0.6) is 0 Å². The summed E-state index contributed by atoms with van der Waals surface area (Å²) in [4.78, 5) is 47.8. The molecule has 0 heterocycles. The smallest absolute Gasteiger partial charge is 0.321 e. The van der Waals surface area contributed by atoms with Gasteiger partial charge in [-0.2, -0.15) is 0 Å². The topological polar surface area (TPSA) is 98.8 Å². The van der Waals surface area contributed by atoms with E-state index in [1.165, 1.54) is 26.0 Å². The zero-order valence-electron chi connectivity index (χ0n) is 14.8. The minimum absolute atomic E-state index is 0.0983. The predicted molar refractivity (Wildman–Crippen MR) is 91.0 cm³/mol. The summed E-state index contributed by atoms with van der Waals surface area (Å²) in [5.41, 5.74) is 0.865. The molecule has 1 amide bonds. The van der Waals surface area contributed by atoms with E-state index >= 15 is 0 Å². The minimum Gasteiger partial charge on any atom is -0.465 e. The lowest BCUT2D eigenvalue weighted by Crippen LogP contribution is -2.37. The molecule has 0 saturated carbocycles. The molecule has 1 aromatic rings.